The number of pyridine rings is 2. The van der Waals surface area contributed by atoms with E-state index < -0.39 is 0 Å². The molecule has 6 heteroatoms. The van der Waals surface area contributed by atoms with Gasteiger partial charge in [-0.05, 0) is 47.1 Å². The molecule has 0 saturated carbocycles. The first-order chi connectivity index (χ1) is 9.20. The van der Waals surface area contributed by atoms with Crippen LogP contribution in [0.15, 0.2) is 41.1 Å². The van der Waals surface area contributed by atoms with E-state index in [4.69, 9.17) is 4.74 Å². The Balaban J connectivity index is 2.16. The molecule has 0 radical (unpaired) electrons. The molecule has 1 N–H and O–H groups in total. The summed E-state index contributed by atoms with van der Waals surface area (Å²) in [4.78, 5) is 20.1. The average molecular weight is 322 g/mol. The summed E-state index contributed by atoms with van der Waals surface area (Å²) in [6.45, 7) is 2.34. The van der Waals surface area contributed by atoms with E-state index in [1.807, 2.05) is 6.92 Å². The molecule has 0 saturated heterocycles. The third-order valence-corrected chi connectivity index (χ3v) is 2.73. The highest BCUT2D eigenvalue weighted by atomic mass is 79.9. The maximum atomic E-state index is 12.0. The molecule has 0 bridgehead atoms. The number of anilines is 1. The van der Waals surface area contributed by atoms with Gasteiger partial charge in [-0.2, -0.15) is 0 Å². The lowest BCUT2D eigenvalue weighted by molar-refractivity contribution is 0.102. The standard InChI is InChI=1S/C13H12BrN3O2/c1-2-19-13-11(4-3-7-15-13)17-12(18)10-6-5-9(14)8-16-10/h3-8H,2H2,1H3,(H,17,18). The van der Waals surface area contributed by atoms with Gasteiger partial charge >= 0.3 is 0 Å². The number of hydrogen-bond donors (Lipinski definition) is 1. The van der Waals surface area contributed by atoms with Gasteiger partial charge in [0.25, 0.3) is 5.91 Å². The van der Waals surface area contributed by atoms with E-state index in [9.17, 15) is 4.79 Å². The molecule has 0 aliphatic heterocycles. The number of carbonyl (C=O) groups excluding carboxylic acids is 1. The van der Waals surface area contributed by atoms with Gasteiger partial charge in [0, 0.05) is 16.9 Å². The van der Waals surface area contributed by atoms with Crippen LogP contribution in [0.1, 0.15) is 17.4 Å². The number of rotatable bonds is 4. The van der Waals surface area contributed by atoms with Crippen molar-refractivity contribution >= 4 is 27.5 Å². The van der Waals surface area contributed by atoms with Crippen LogP contribution < -0.4 is 10.1 Å². The van der Waals surface area contributed by atoms with E-state index in [-0.39, 0.29) is 5.91 Å². The second kappa shape index (κ2) is 6.29. The lowest BCUT2D eigenvalue weighted by Gasteiger charge is -2.09. The van der Waals surface area contributed by atoms with Crippen LogP contribution in [0.4, 0.5) is 5.69 Å². The molecule has 0 fully saturated rings. The number of amides is 1. The van der Waals surface area contributed by atoms with Gasteiger partial charge in [0.15, 0.2) is 0 Å². The number of aromatic nitrogens is 2. The Bertz CT molecular complexity index is 572. The van der Waals surface area contributed by atoms with Crippen molar-refractivity contribution in [3.63, 3.8) is 0 Å². The normalized spacial score (nSPS) is 10.0. The third kappa shape index (κ3) is 3.51. The van der Waals surface area contributed by atoms with Crippen molar-refractivity contribution in [2.24, 2.45) is 0 Å². The van der Waals surface area contributed by atoms with Crippen LogP contribution in [0.5, 0.6) is 5.88 Å². The molecule has 0 spiro atoms. The molecule has 0 atom stereocenters. The smallest absolute Gasteiger partial charge is 0.274 e. The summed E-state index contributed by atoms with van der Waals surface area (Å²) in [5, 5.41) is 2.73. The molecular formula is C13H12BrN3O2. The summed E-state index contributed by atoms with van der Waals surface area (Å²) in [5.41, 5.74) is 0.855. The highest BCUT2D eigenvalue weighted by Crippen LogP contribution is 2.21. The van der Waals surface area contributed by atoms with Crippen LogP contribution in [0.3, 0.4) is 0 Å². The van der Waals surface area contributed by atoms with Crippen molar-refractivity contribution in [3.05, 3.63) is 46.8 Å². The summed E-state index contributed by atoms with van der Waals surface area (Å²) in [6, 6.07) is 6.85. The van der Waals surface area contributed by atoms with Crippen molar-refractivity contribution in [2.45, 2.75) is 6.92 Å². The van der Waals surface area contributed by atoms with Crippen molar-refractivity contribution in [2.75, 3.05) is 11.9 Å². The zero-order chi connectivity index (χ0) is 13.7. The molecule has 5 nitrogen and oxygen atoms in total. The van der Waals surface area contributed by atoms with E-state index in [1.165, 1.54) is 0 Å². The predicted molar refractivity (Wildman–Crippen MR) is 75.3 cm³/mol. The summed E-state index contributed by atoms with van der Waals surface area (Å²) in [6.07, 6.45) is 3.18. The summed E-state index contributed by atoms with van der Waals surface area (Å²) >= 11 is 3.27. The van der Waals surface area contributed by atoms with Gasteiger partial charge < -0.3 is 10.1 Å². The Morgan fingerprint density at radius 3 is 2.89 bits per heavy atom. The topological polar surface area (TPSA) is 64.1 Å². The number of ether oxygens (including phenoxy) is 1. The lowest BCUT2D eigenvalue weighted by atomic mass is 10.3. The average Bonchev–Trinajstić information content (AvgIpc) is 2.42. The van der Waals surface area contributed by atoms with Crippen LogP contribution in [0.2, 0.25) is 0 Å². The number of nitrogens with one attached hydrogen (secondary N) is 1. The first kappa shape index (κ1) is 13.5. The number of carbonyl (C=O) groups is 1. The van der Waals surface area contributed by atoms with E-state index in [0.717, 1.165) is 4.47 Å². The molecule has 0 aliphatic carbocycles. The van der Waals surface area contributed by atoms with Gasteiger partial charge in [0.05, 0.1) is 6.61 Å². The minimum atomic E-state index is -0.304. The zero-order valence-electron chi connectivity index (χ0n) is 10.3. The van der Waals surface area contributed by atoms with Gasteiger partial charge in [-0.25, -0.2) is 9.97 Å². The Hall–Kier alpha value is -1.95. The molecule has 2 heterocycles. The number of halogens is 1. The molecule has 0 aromatic carbocycles. The molecule has 19 heavy (non-hydrogen) atoms. The fourth-order valence-corrected chi connectivity index (χ4v) is 1.67. The van der Waals surface area contributed by atoms with Crippen LogP contribution in [-0.2, 0) is 0 Å². The maximum absolute atomic E-state index is 12.0. The van der Waals surface area contributed by atoms with Crippen LogP contribution in [0, 0.1) is 0 Å². The molecule has 0 unspecified atom stereocenters. The zero-order valence-corrected chi connectivity index (χ0v) is 11.8. The summed E-state index contributed by atoms with van der Waals surface area (Å²) in [5.74, 6) is 0.0944. The molecule has 0 aliphatic rings. The molecule has 2 aromatic heterocycles. The van der Waals surface area contributed by atoms with Gasteiger partial charge in [-0.1, -0.05) is 0 Å². The highest BCUT2D eigenvalue weighted by Gasteiger charge is 2.11. The fourth-order valence-electron chi connectivity index (χ4n) is 1.43. The van der Waals surface area contributed by atoms with Crippen molar-refractivity contribution < 1.29 is 9.53 Å². The molecule has 2 aromatic rings. The minimum Gasteiger partial charge on any atom is -0.476 e. The fraction of sp³-hybridized carbons (Fsp3) is 0.154. The Kier molecular flexibility index (Phi) is 4.46. The van der Waals surface area contributed by atoms with Crippen LogP contribution >= 0.6 is 15.9 Å². The third-order valence-electron chi connectivity index (χ3n) is 2.26. The van der Waals surface area contributed by atoms with Gasteiger partial charge in [-0.3, -0.25) is 4.79 Å². The summed E-state index contributed by atoms with van der Waals surface area (Å²) in [7, 11) is 0. The van der Waals surface area contributed by atoms with Crippen LogP contribution in [-0.4, -0.2) is 22.5 Å². The van der Waals surface area contributed by atoms with Gasteiger partial charge in [0.2, 0.25) is 5.88 Å². The number of hydrogen-bond acceptors (Lipinski definition) is 4. The second-order valence-corrected chi connectivity index (χ2v) is 4.52. The van der Waals surface area contributed by atoms with Crippen molar-refractivity contribution in [1.29, 1.82) is 0 Å². The Labute approximate surface area is 119 Å². The summed E-state index contributed by atoms with van der Waals surface area (Å²) < 4.78 is 6.16. The Morgan fingerprint density at radius 1 is 1.37 bits per heavy atom. The van der Waals surface area contributed by atoms with Crippen molar-refractivity contribution in [1.82, 2.24) is 9.97 Å². The molecule has 1 amide bonds. The highest BCUT2D eigenvalue weighted by molar-refractivity contribution is 9.10. The minimum absolute atomic E-state index is 0.304. The van der Waals surface area contributed by atoms with Gasteiger partial charge in [-0.15, -0.1) is 0 Å². The molecule has 98 valence electrons. The first-order valence-electron chi connectivity index (χ1n) is 5.71. The monoisotopic (exact) mass is 321 g/mol. The quantitative estimate of drug-likeness (QED) is 0.940. The van der Waals surface area contributed by atoms with Crippen molar-refractivity contribution in [3.8, 4) is 5.88 Å². The Morgan fingerprint density at radius 2 is 2.21 bits per heavy atom. The maximum Gasteiger partial charge on any atom is 0.274 e. The SMILES string of the molecule is CCOc1ncccc1NC(=O)c1ccc(Br)cn1. The van der Waals surface area contributed by atoms with E-state index in [1.54, 1.807) is 36.7 Å². The number of nitrogens with zero attached hydrogens (tertiary/aromatic N) is 2. The molecule has 2 rings (SSSR count). The second-order valence-electron chi connectivity index (χ2n) is 3.60. The van der Waals surface area contributed by atoms with E-state index >= 15 is 0 Å². The van der Waals surface area contributed by atoms with Gasteiger partial charge in [0.1, 0.15) is 11.4 Å². The largest absolute Gasteiger partial charge is 0.476 e. The van der Waals surface area contributed by atoms with Crippen LogP contribution in [0.25, 0.3) is 0 Å². The van der Waals surface area contributed by atoms with E-state index in [2.05, 4.69) is 31.2 Å². The first-order valence-corrected chi connectivity index (χ1v) is 6.50. The predicted octanol–water partition coefficient (Wildman–Crippen LogP) is 2.89. The molecular weight excluding hydrogens is 310 g/mol. The van der Waals surface area contributed by atoms with E-state index in [0.29, 0.717) is 23.9 Å². The lowest BCUT2D eigenvalue weighted by Crippen LogP contribution is -2.14.